The number of nitrogens with two attached hydrogens (primary N) is 2. The monoisotopic (exact) mass is 145 g/mol. The molecule has 0 aromatic rings. The van der Waals surface area contributed by atoms with Crippen LogP contribution in [-0.2, 0) is 0 Å². The zero-order valence-corrected chi connectivity index (χ0v) is 6.77. The van der Waals surface area contributed by atoms with Gasteiger partial charge in [0, 0.05) is 0 Å². The molecule has 0 aliphatic carbocycles. The van der Waals surface area contributed by atoms with E-state index in [1.54, 1.807) is 0 Å². The van der Waals surface area contributed by atoms with Crippen molar-refractivity contribution in [3.05, 3.63) is 0 Å². The molecule has 0 bridgehead atoms. The van der Waals surface area contributed by atoms with Crippen molar-refractivity contribution in [2.75, 3.05) is 13.1 Å². The molecule has 0 aliphatic rings. The van der Waals surface area contributed by atoms with E-state index < -0.39 is 0 Å². The predicted molar refractivity (Wildman–Crippen MR) is 44.6 cm³/mol. The largest absolute Gasteiger partial charge is 0.317 e. The van der Waals surface area contributed by atoms with E-state index in [2.05, 4.69) is 12.2 Å². The Balaban J connectivity index is 2.77. The average molecular weight is 145 g/mol. The number of unbranched alkanes of at least 4 members (excludes halogenated alkanes) is 1. The summed E-state index contributed by atoms with van der Waals surface area (Å²) in [6.07, 6.45) is 3.18. The minimum atomic E-state index is -0.158. The smallest absolute Gasteiger partial charge is 0.0533 e. The van der Waals surface area contributed by atoms with Crippen LogP contribution in [0.3, 0.4) is 0 Å². The van der Waals surface area contributed by atoms with Crippen LogP contribution in [0.25, 0.3) is 0 Å². The molecule has 5 N–H and O–H groups in total. The molecule has 0 aromatic heterocycles. The third kappa shape index (κ3) is 7.88. The van der Waals surface area contributed by atoms with Crippen LogP contribution in [0.5, 0.6) is 0 Å². The summed E-state index contributed by atoms with van der Waals surface area (Å²) < 4.78 is 0. The van der Waals surface area contributed by atoms with Crippen molar-refractivity contribution in [1.82, 2.24) is 5.32 Å². The average Bonchev–Trinajstić information content (AvgIpc) is 1.87. The number of nitrogens with one attached hydrogen (secondary N) is 1. The van der Waals surface area contributed by atoms with Crippen molar-refractivity contribution in [3.8, 4) is 0 Å². The summed E-state index contributed by atoms with van der Waals surface area (Å²) in [5, 5.41) is 3.26. The Hall–Kier alpha value is -0.120. The Kier molecular flexibility index (Phi) is 6.91. The fourth-order valence-corrected chi connectivity index (χ4v) is 0.696. The summed E-state index contributed by atoms with van der Waals surface area (Å²) in [5.41, 5.74) is 10.7. The molecule has 0 heterocycles. The second kappa shape index (κ2) is 6.99. The lowest BCUT2D eigenvalue weighted by Gasteiger charge is -2.05. The maximum atomic E-state index is 5.34. The molecule has 0 saturated heterocycles. The molecule has 0 amide bonds. The Morgan fingerprint density at radius 2 is 2.00 bits per heavy atom. The van der Waals surface area contributed by atoms with Crippen molar-refractivity contribution in [2.45, 2.75) is 32.4 Å². The summed E-state index contributed by atoms with van der Waals surface area (Å²) >= 11 is 0. The van der Waals surface area contributed by atoms with Gasteiger partial charge in [-0.3, -0.25) is 0 Å². The maximum Gasteiger partial charge on any atom is 0.0533 e. The van der Waals surface area contributed by atoms with Gasteiger partial charge in [0.05, 0.1) is 6.17 Å². The summed E-state index contributed by atoms with van der Waals surface area (Å²) in [6.45, 7) is 4.21. The first-order valence-corrected chi connectivity index (χ1v) is 3.99. The van der Waals surface area contributed by atoms with E-state index in [9.17, 15) is 0 Å². The molecule has 62 valence electrons. The van der Waals surface area contributed by atoms with Gasteiger partial charge in [0.15, 0.2) is 0 Å². The molecule has 0 spiro atoms. The Morgan fingerprint density at radius 3 is 2.50 bits per heavy atom. The van der Waals surface area contributed by atoms with Crippen LogP contribution in [-0.4, -0.2) is 19.3 Å². The Bertz CT molecular complexity index is 63.9. The van der Waals surface area contributed by atoms with E-state index in [1.165, 1.54) is 12.8 Å². The van der Waals surface area contributed by atoms with E-state index in [-0.39, 0.29) is 6.17 Å². The molecule has 0 radical (unpaired) electrons. The second-order valence-electron chi connectivity index (χ2n) is 2.56. The quantitative estimate of drug-likeness (QED) is 0.364. The first kappa shape index (κ1) is 9.88. The predicted octanol–water partition coefficient (Wildman–Crippen LogP) is 0.00970. The lowest BCUT2D eigenvalue weighted by molar-refractivity contribution is 0.562. The summed E-state index contributed by atoms with van der Waals surface area (Å²) in [4.78, 5) is 0. The van der Waals surface area contributed by atoms with Crippen molar-refractivity contribution < 1.29 is 0 Å². The molecule has 0 unspecified atom stereocenters. The lowest BCUT2D eigenvalue weighted by Crippen LogP contribution is -2.34. The van der Waals surface area contributed by atoms with Crippen LogP contribution >= 0.6 is 0 Å². The molecule has 0 aromatic carbocycles. The van der Waals surface area contributed by atoms with Gasteiger partial charge in [-0.2, -0.15) is 0 Å². The van der Waals surface area contributed by atoms with E-state index in [0.29, 0.717) is 0 Å². The molecular weight excluding hydrogens is 126 g/mol. The van der Waals surface area contributed by atoms with Crippen molar-refractivity contribution in [3.63, 3.8) is 0 Å². The highest BCUT2D eigenvalue weighted by atomic mass is 14.9. The van der Waals surface area contributed by atoms with Gasteiger partial charge in [-0.05, 0) is 25.9 Å². The van der Waals surface area contributed by atoms with Crippen LogP contribution in [0, 0.1) is 0 Å². The SMILES string of the molecule is CCCCNCCC(N)N. The zero-order chi connectivity index (χ0) is 7.82. The highest BCUT2D eigenvalue weighted by Gasteiger charge is 1.91. The van der Waals surface area contributed by atoms with Crippen LogP contribution < -0.4 is 16.8 Å². The second-order valence-corrected chi connectivity index (χ2v) is 2.56. The summed E-state index contributed by atoms with van der Waals surface area (Å²) in [6, 6.07) is 0. The van der Waals surface area contributed by atoms with Crippen LogP contribution in [0.4, 0.5) is 0 Å². The molecule has 0 aliphatic heterocycles. The highest BCUT2D eigenvalue weighted by molar-refractivity contribution is 4.54. The van der Waals surface area contributed by atoms with E-state index in [4.69, 9.17) is 11.5 Å². The van der Waals surface area contributed by atoms with Gasteiger partial charge in [0.25, 0.3) is 0 Å². The molecular formula is C7H19N3. The van der Waals surface area contributed by atoms with Crippen LogP contribution in [0.15, 0.2) is 0 Å². The van der Waals surface area contributed by atoms with Gasteiger partial charge in [0.1, 0.15) is 0 Å². The van der Waals surface area contributed by atoms with E-state index >= 15 is 0 Å². The van der Waals surface area contributed by atoms with Gasteiger partial charge in [0.2, 0.25) is 0 Å². The van der Waals surface area contributed by atoms with Gasteiger partial charge < -0.3 is 16.8 Å². The zero-order valence-electron chi connectivity index (χ0n) is 6.77. The van der Waals surface area contributed by atoms with Crippen molar-refractivity contribution in [1.29, 1.82) is 0 Å². The van der Waals surface area contributed by atoms with E-state index in [0.717, 1.165) is 19.5 Å². The van der Waals surface area contributed by atoms with Crippen molar-refractivity contribution >= 4 is 0 Å². The molecule has 0 saturated carbocycles. The number of rotatable bonds is 6. The van der Waals surface area contributed by atoms with Gasteiger partial charge >= 0.3 is 0 Å². The Morgan fingerprint density at radius 1 is 1.30 bits per heavy atom. The van der Waals surface area contributed by atoms with Crippen LogP contribution in [0.2, 0.25) is 0 Å². The minimum absolute atomic E-state index is 0.158. The topological polar surface area (TPSA) is 64.1 Å². The lowest BCUT2D eigenvalue weighted by atomic mass is 10.3. The van der Waals surface area contributed by atoms with Gasteiger partial charge in [-0.25, -0.2) is 0 Å². The maximum absolute atomic E-state index is 5.34. The fraction of sp³-hybridized carbons (Fsp3) is 1.00. The normalized spacial score (nSPS) is 10.8. The highest BCUT2D eigenvalue weighted by Crippen LogP contribution is 1.82. The molecule has 0 fully saturated rings. The number of hydrogen-bond acceptors (Lipinski definition) is 3. The third-order valence-corrected chi connectivity index (χ3v) is 1.36. The fourth-order valence-electron chi connectivity index (χ4n) is 0.696. The Labute approximate surface area is 63.2 Å². The molecule has 0 rings (SSSR count). The summed E-state index contributed by atoms with van der Waals surface area (Å²) in [5.74, 6) is 0. The third-order valence-electron chi connectivity index (χ3n) is 1.36. The van der Waals surface area contributed by atoms with Crippen molar-refractivity contribution in [2.24, 2.45) is 11.5 Å². The van der Waals surface area contributed by atoms with Gasteiger partial charge in [-0.15, -0.1) is 0 Å². The molecule has 3 heteroatoms. The first-order chi connectivity index (χ1) is 4.77. The molecule has 0 atom stereocenters. The molecule has 10 heavy (non-hydrogen) atoms. The first-order valence-electron chi connectivity index (χ1n) is 3.99. The van der Waals surface area contributed by atoms with Crippen LogP contribution in [0.1, 0.15) is 26.2 Å². The molecule has 3 nitrogen and oxygen atoms in total. The summed E-state index contributed by atoms with van der Waals surface area (Å²) in [7, 11) is 0. The standard InChI is InChI=1S/C7H19N3/c1-2-3-5-10-6-4-7(8)9/h7,10H,2-6,8-9H2,1H3. The minimum Gasteiger partial charge on any atom is -0.317 e. The van der Waals surface area contributed by atoms with Gasteiger partial charge in [-0.1, -0.05) is 13.3 Å². The van der Waals surface area contributed by atoms with E-state index in [1.807, 2.05) is 0 Å². The number of hydrogen-bond donors (Lipinski definition) is 3.